The molecule has 0 amide bonds. The number of fused-ring (bicyclic) bond motifs is 3. The molecule has 0 aliphatic carbocycles. The fourth-order valence-corrected chi connectivity index (χ4v) is 7.67. The number of anilines is 3. The summed E-state index contributed by atoms with van der Waals surface area (Å²) in [4.78, 5) is 27.8. The molecule has 9 rings (SSSR count). The minimum atomic E-state index is -0.295. The third kappa shape index (κ3) is 6.60. The Balaban J connectivity index is 0.000000183. The van der Waals surface area contributed by atoms with E-state index in [2.05, 4.69) is 57.7 Å². The summed E-state index contributed by atoms with van der Waals surface area (Å²) in [5, 5.41) is 2.39. The molecule has 0 radical (unpaired) electrons. The molecule has 7 heterocycles. The van der Waals surface area contributed by atoms with Crippen LogP contribution in [0, 0.1) is 25.5 Å². The number of benzene rings is 2. The molecule has 54 heavy (non-hydrogen) atoms. The quantitative estimate of drug-likeness (QED) is 0.177. The molecule has 0 bridgehead atoms. The lowest BCUT2D eigenvalue weighted by atomic mass is 9.91. The van der Waals surface area contributed by atoms with E-state index < -0.39 is 0 Å². The van der Waals surface area contributed by atoms with Crippen LogP contribution in [-0.4, -0.2) is 57.8 Å². The number of hydrogen-bond donors (Lipinski definition) is 0. The third-order valence-electron chi connectivity index (χ3n) is 10.1. The Morgan fingerprint density at radius 2 is 1.31 bits per heavy atom. The van der Waals surface area contributed by atoms with Crippen molar-refractivity contribution in [3.8, 4) is 22.5 Å². The van der Waals surface area contributed by atoms with Crippen molar-refractivity contribution in [2.45, 2.75) is 33.1 Å². The molecule has 1 fully saturated rings. The largest absolute Gasteiger partial charge is 0.378 e. The van der Waals surface area contributed by atoms with Crippen molar-refractivity contribution in [3.05, 3.63) is 131 Å². The summed E-state index contributed by atoms with van der Waals surface area (Å²) in [6.45, 7) is 12.4. The second-order valence-electron chi connectivity index (χ2n) is 14.2. The van der Waals surface area contributed by atoms with Gasteiger partial charge in [0.05, 0.1) is 58.6 Å². The lowest BCUT2D eigenvalue weighted by molar-refractivity contribution is 0.122. The van der Waals surface area contributed by atoms with Crippen LogP contribution >= 0.6 is 11.6 Å². The smallest absolute Gasteiger partial charge is 0.161 e. The van der Waals surface area contributed by atoms with Crippen LogP contribution in [0.2, 0.25) is 5.02 Å². The van der Waals surface area contributed by atoms with Gasteiger partial charge in [0.25, 0.3) is 0 Å². The highest BCUT2D eigenvalue weighted by molar-refractivity contribution is 6.36. The van der Waals surface area contributed by atoms with Gasteiger partial charge in [-0.05, 0) is 79.6 Å². The Kier molecular flexibility index (Phi) is 9.41. The first kappa shape index (κ1) is 35.4. The van der Waals surface area contributed by atoms with Gasteiger partial charge in [0, 0.05) is 59.3 Å². The van der Waals surface area contributed by atoms with Gasteiger partial charge < -0.3 is 14.5 Å². The van der Waals surface area contributed by atoms with Gasteiger partial charge in [-0.1, -0.05) is 49.7 Å². The number of ether oxygens (including phenoxy) is 1. The second-order valence-corrected chi connectivity index (χ2v) is 14.6. The minimum Gasteiger partial charge on any atom is -0.378 e. The van der Waals surface area contributed by atoms with Crippen LogP contribution in [0.25, 0.3) is 44.6 Å². The topological polar surface area (TPSA) is 80.2 Å². The van der Waals surface area contributed by atoms with Gasteiger partial charge in [0.2, 0.25) is 0 Å². The summed E-state index contributed by atoms with van der Waals surface area (Å²) in [5.41, 5.74) is 10.1. The summed E-state index contributed by atoms with van der Waals surface area (Å²) in [6.07, 6.45) is 5.41. The molecule has 0 saturated carbocycles. The molecule has 272 valence electrons. The third-order valence-corrected chi connectivity index (χ3v) is 10.6. The number of pyridine rings is 5. The van der Waals surface area contributed by atoms with Crippen molar-refractivity contribution in [1.82, 2.24) is 24.9 Å². The number of halogens is 3. The highest BCUT2D eigenvalue weighted by Gasteiger charge is 2.39. The van der Waals surface area contributed by atoms with E-state index in [1.165, 1.54) is 24.3 Å². The van der Waals surface area contributed by atoms with E-state index >= 15 is 0 Å². The van der Waals surface area contributed by atoms with Gasteiger partial charge >= 0.3 is 0 Å². The van der Waals surface area contributed by atoms with Gasteiger partial charge in [0.15, 0.2) is 11.3 Å². The Morgan fingerprint density at radius 1 is 0.722 bits per heavy atom. The summed E-state index contributed by atoms with van der Waals surface area (Å²) >= 11 is 6.35. The number of morpholine rings is 1. The van der Waals surface area contributed by atoms with Crippen molar-refractivity contribution in [3.63, 3.8) is 0 Å². The van der Waals surface area contributed by atoms with Gasteiger partial charge in [-0.15, -0.1) is 0 Å². The van der Waals surface area contributed by atoms with Gasteiger partial charge in [-0.3, -0.25) is 4.98 Å². The maximum absolute atomic E-state index is 14.1. The molecule has 0 N–H and O–H groups in total. The fourth-order valence-electron chi connectivity index (χ4n) is 7.43. The van der Waals surface area contributed by atoms with E-state index in [-0.39, 0.29) is 17.0 Å². The highest BCUT2D eigenvalue weighted by Crippen LogP contribution is 2.48. The van der Waals surface area contributed by atoms with Crippen molar-refractivity contribution < 1.29 is 13.5 Å². The van der Waals surface area contributed by atoms with Crippen LogP contribution in [0.5, 0.6) is 0 Å². The zero-order valence-corrected chi connectivity index (χ0v) is 31.2. The molecule has 2 aliphatic heterocycles. The predicted octanol–water partition coefficient (Wildman–Crippen LogP) is 9.80. The zero-order chi connectivity index (χ0) is 37.6. The standard InChI is InChI=1S/C28H28FN5O.C15H10ClFN2/c1-18-24(19-6-4-7-20(29)14-19)32-27-22(8-5-9-30-27)25(18)34-17-28(2,3)26-23(34)15-21(16-31-26)33-10-12-35-13-11-33;1-9-13(16)12-6-3-7-18-15(12)19-14(9)10-4-2-5-11(17)8-10/h4-9,14-16H,10-13,17H2,1-3H3;2-8H,1H3. The molecule has 2 aliphatic rings. The molecule has 0 atom stereocenters. The Morgan fingerprint density at radius 3 is 1.94 bits per heavy atom. The first-order chi connectivity index (χ1) is 26.1. The molecule has 1 saturated heterocycles. The molecular weight excluding hydrogens is 704 g/mol. The molecule has 0 spiro atoms. The van der Waals surface area contributed by atoms with Crippen LogP contribution in [0.4, 0.5) is 25.8 Å². The molecule has 7 aromatic rings. The second kappa shape index (κ2) is 14.3. The SMILES string of the molecule is Cc1c(-c2cccc(F)c2)nc2ncccc2c1Cl.Cc1c(-c2cccc(F)c2)nc2ncccc2c1N1CC(C)(C)c2ncc(N3CCOCC3)cc21. The van der Waals surface area contributed by atoms with E-state index in [1.807, 2.05) is 43.5 Å². The Hall–Kier alpha value is -5.58. The van der Waals surface area contributed by atoms with Gasteiger partial charge in [-0.2, -0.15) is 0 Å². The maximum atomic E-state index is 14.1. The number of rotatable bonds is 4. The van der Waals surface area contributed by atoms with E-state index in [9.17, 15) is 8.78 Å². The molecule has 8 nitrogen and oxygen atoms in total. The van der Waals surface area contributed by atoms with Crippen molar-refractivity contribution in [2.75, 3.05) is 42.6 Å². The summed E-state index contributed by atoms with van der Waals surface area (Å²) in [7, 11) is 0. The lowest BCUT2D eigenvalue weighted by Gasteiger charge is -2.30. The first-order valence-corrected chi connectivity index (χ1v) is 18.3. The molecule has 0 unspecified atom stereocenters. The highest BCUT2D eigenvalue weighted by atomic mass is 35.5. The predicted molar refractivity (Wildman–Crippen MR) is 212 cm³/mol. The molecule has 2 aromatic carbocycles. The monoisotopic (exact) mass is 741 g/mol. The first-order valence-electron chi connectivity index (χ1n) is 17.9. The zero-order valence-electron chi connectivity index (χ0n) is 30.4. The van der Waals surface area contributed by atoms with E-state index in [4.69, 9.17) is 26.3 Å². The maximum Gasteiger partial charge on any atom is 0.161 e. The van der Waals surface area contributed by atoms with E-state index in [0.717, 1.165) is 88.8 Å². The van der Waals surface area contributed by atoms with Crippen molar-refractivity contribution >= 4 is 50.7 Å². The van der Waals surface area contributed by atoms with Gasteiger partial charge in [0.1, 0.15) is 11.6 Å². The van der Waals surface area contributed by atoms with Crippen molar-refractivity contribution in [2.24, 2.45) is 0 Å². The van der Waals surface area contributed by atoms with Crippen LogP contribution in [0.1, 0.15) is 30.7 Å². The number of hydrogen-bond acceptors (Lipinski definition) is 8. The summed E-state index contributed by atoms with van der Waals surface area (Å²) in [6, 6.07) is 22.9. The molecule has 11 heteroatoms. The Bertz CT molecular complexity index is 2540. The summed E-state index contributed by atoms with van der Waals surface area (Å²) in [5.74, 6) is -0.575. The average Bonchev–Trinajstić information content (AvgIpc) is 3.45. The van der Waals surface area contributed by atoms with E-state index in [1.54, 1.807) is 24.5 Å². The van der Waals surface area contributed by atoms with Crippen LogP contribution in [0.3, 0.4) is 0 Å². The number of aromatic nitrogens is 5. The fraction of sp³-hybridized carbons (Fsp3) is 0.233. The molecular formula is C43H38ClF2N7O. The van der Waals surface area contributed by atoms with Crippen molar-refractivity contribution in [1.29, 1.82) is 0 Å². The van der Waals surface area contributed by atoms with E-state index in [0.29, 0.717) is 27.6 Å². The minimum absolute atomic E-state index is 0.137. The van der Waals surface area contributed by atoms with Crippen LogP contribution in [-0.2, 0) is 10.2 Å². The van der Waals surface area contributed by atoms with Crippen LogP contribution < -0.4 is 9.80 Å². The Labute approximate surface area is 317 Å². The van der Waals surface area contributed by atoms with Crippen LogP contribution in [0.15, 0.2) is 97.5 Å². The average molecular weight is 742 g/mol. The molecule has 5 aromatic heterocycles. The lowest BCUT2D eigenvalue weighted by Crippen LogP contribution is -2.36. The number of nitrogens with zero attached hydrogens (tertiary/aromatic N) is 7. The van der Waals surface area contributed by atoms with Gasteiger partial charge in [-0.25, -0.2) is 28.7 Å². The summed E-state index contributed by atoms with van der Waals surface area (Å²) < 4.78 is 33.0. The normalized spacial score (nSPS) is 14.9.